The quantitative estimate of drug-likeness (QED) is 0.604. The van der Waals surface area contributed by atoms with Crippen molar-refractivity contribution in [3.8, 4) is 5.00 Å². The molecule has 0 saturated carbocycles. The summed E-state index contributed by atoms with van der Waals surface area (Å²) >= 11 is 3.49. The minimum atomic E-state index is -0.176. The molecule has 0 atom stereocenters. The molecule has 0 spiro atoms. The third-order valence-electron chi connectivity index (χ3n) is 4.93. The van der Waals surface area contributed by atoms with Crippen LogP contribution in [0.15, 0.2) is 53.7 Å². The number of hydrogen-bond acceptors (Lipinski definition) is 4. The molecule has 0 fully saturated rings. The van der Waals surface area contributed by atoms with Gasteiger partial charge in [-0.25, -0.2) is 4.79 Å². The highest BCUT2D eigenvalue weighted by Crippen LogP contribution is 2.35. The van der Waals surface area contributed by atoms with Crippen LogP contribution >= 0.6 is 23.1 Å². The third kappa shape index (κ3) is 4.11. The molecule has 0 radical (unpaired) electrons. The van der Waals surface area contributed by atoms with E-state index in [1.165, 1.54) is 21.0 Å². The number of amides is 2. The minimum absolute atomic E-state index is 0.176. The number of carbonyl (C=O) groups is 1. The molecule has 1 aliphatic heterocycles. The summed E-state index contributed by atoms with van der Waals surface area (Å²) in [6, 6.07) is 11.8. The predicted octanol–water partition coefficient (Wildman–Crippen LogP) is 4.57. The lowest BCUT2D eigenvalue weighted by molar-refractivity contribution is 0.251. The van der Waals surface area contributed by atoms with Gasteiger partial charge in [0.05, 0.1) is 0 Å². The van der Waals surface area contributed by atoms with Gasteiger partial charge in [0.15, 0.2) is 0 Å². The summed E-state index contributed by atoms with van der Waals surface area (Å²) in [4.78, 5) is 17.4. The first kappa shape index (κ1) is 19.1. The van der Waals surface area contributed by atoms with Crippen molar-refractivity contribution < 1.29 is 4.79 Å². The van der Waals surface area contributed by atoms with Crippen molar-refractivity contribution in [2.24, 2.45) is 0 Å². The molecule has 2 N–H and O–H groups in total. The molecule has 146 valence electrons. The summed E-state index contributed by atoms with van der Waals surface area (Å²) < 4.78 is 2.15. The number of likely N-dealkylation sites (N-methyl/N-ethyl adjacent to an activating group) is 1. The highest BCUT2D eigenvalue weighted by molar-refractivity contribution is 7.98. The second-order valence-corrected chi connectivity index (χ2v) is 8.87. The molecule has 1 aromatic carbocycles. The van der Waals surface area contributed by atoms with Gasteiger partial charge in [0.2, 0.25) is 0 Å². The second-order valence-electron chi connectivity index (χ2n) is 6.91. The molecule has 28 heavy (non-hydrogen) atoms. The van der Waals surface area contributed by atoms with Crippen LogP contribution in [0.1, 0.15) is 16.0 Å². The van der Waals surface area contributed by atoms with E-state index in [4.69, 9.17) is 0 Å². The molecular weight excluding hydrogens is 388 g/mol. The molecule has 0 saturated heterocycles. The van der Waals surface area contributed by atoms with Crippen molar-refractivity contribution in [3.05, 3.63) is 64.8 Å². The Morgan fingerprint density at radius 2 is 2.07 bits per heavy atom. The number of aromatic nitrogens is 1. The van der Waals surface area contributed by atoms with E-state index in [2.05, 4.69) is 39.5 Å². The van der Waals surface area contributed by atoms with Crippen LogP contribution in [0.25, 0.3) is 5.00 Å². The average Bonchev–Trinajstić information content (AvgIpc) is 3.34. The molecular formula is C21H24N4OS2. The molecule has 1 aliphatic rings. The number of nitrogens with zero attached hydrogens (tertiary/aromatic N) is 2. The summed E-state index contributed by atoms with van der Waals surface area (Å²) in [7, 11) is 2.16. The minimum Gasteiger partial charge on any atom is -0.334 e. The van der Waals surface area contributed by atoms with Crippen LogP contribution in [0.2, 0.25) is 0 Å². The Balaban J connectivity index is 1.51. The number of benzene rings is 1. The zero-order valence-corrected chi connectivity index (χ0v) is 17.7. The van der Waals surface area contributed by atoms with E-state index in [-0.39, 0.29) is 6.03 Å². The van der Waals surface area contributed by atoms with Crippen LogP contribution in [-0.2, 0) is 19.5 Å². The van der Waals surface area contributed by atoms with Gasteiger partial charge in [-0.1, -0.05) is 6.07 Å². The SMILES string of the molecule is CSc1cccc(NC(=O)NCc2c(-n3cccc3)sc3c2CCN(C)C3)c1. The molecule has 0 aliphatic carbocycles. The summed E-state index contributed by atoms with van der Waals surface area (Å²) in [5.74, 6) is 0. The lowest BCUT2D eigenvalue weighted by atomic mass is 10.0. The smallest absolute Gasteiger partial charge is 0.319 e. The Morgan fingerprint density at radius 3 is 2.86 bits per heavy atom. The number of fused-ring (bicyclic) bond motifs is 1. The van der Waals surface area contributed by atoms with Crippen molar-refractivity contribution >= 4 is 34.8 Å². The first-order valence-electron chi connectivity index (χ1n) is 9.28. The fourth-order valence-electron chi connectivity index (χ4n) is 3.49. The Bertz CT molecular complexity index is 965. The number of thiophene rings is 1. The molecule has 7 heteroatoms. The number of anilines is 1. The second kappa shape index (κ2) is 8.43. The van der Waals surface area contributed by atoms with Gasteiger partial charge in [-0.2, -0.15) is 0 Å². The molecule has 4 rings (SSSR count). The molecule has 0 unspecified atom stereocenters. The first-order chi connectivity index (χ1) is 13.6. The topological polar surface area (TPSA) is 49.3 Å². The van der Waals surface area contributed by atoms with E-state index in [9.17, 15) is 4.79 Å². The molecule has 3 aromatic rings. The number of thioether (sulfide) groups is 1. The van der Waals surface area contributed by atoms with Gasteiger partial charge in [0.1, 0.15) is 5.00 Å². The van der Waals surface area contributed by atoms with Crippen molar-refractivity contribution in [2.75, 3.05) is 25.2 Å². The van der Waals surface area contributed by atoms with Crippen molar-refractivity contribution in [3.63, 3.8) is 0 Å². The standard InChI is InChI=1S/C21H24N4OS2/c1-24-11-8-17-18(20(28-19(17)14-24)25-9-3-4-10-25)13-22-21(26)23-15-6-5-7-16(12-15)27-2/h3-7,9-10,12H,8,11,13-14H2,1-2H3,(H2,22,23,26). The largest absolute Gasteiger partial charge is 0.334 e. The van der Waals surface area contributed by atoms with Gasteiger partial charge in [-0.15, -0.1) is 23.1 Å². The molecule has 2 amide bonds. The number of carbonyl (C=O) groups excluding carboxylic acids is 1. The summed E-state index contributed by atoms with van der Waals surface area (Å²) in [6.45, 7) is 2.55. The van der Waals surface area contributed by atoms with Crippen LogP contribution in [-0.4, -0.2) is 35.3 Å². The van der Waals surface area contributed by atoms with Gasteiger partial charge in [-0.05, 0) is 55.6 Å². The summed E-state index contributed by atoms with van der Waals surface area (Å²) in [5.41, 5.74) is 3.44. The van der Waals surface area contributed by atoms with Crippen LogP contribution in [0.4, 0.5) is 10.5 Å². The predicted molar refractivity (Wildman–Crippen MR) is 118 cm³/mol. The molecule has 0 bridgehead atoms. The number of hydrogen-bond donors (Lipinski definition) is 2. The Morgan fingerprint density at radius 1 is 1.25 bits per heavy atom. The zero-order valence-electron chi connectivity index (χ0n) is 16.1. The van der Waals surface area contributed by atoms with E-state index >= 15 is 0 Å². The van der Waals surface area contributed by atoms with Crippen LogP contribution < -0.4 is 10.6 Å². The van der Waals surface area contributed by atoms with E-state index in [1.807, 2.05) is 54.0 Å². The van der Waals surface area contributed by atoms with E-state index in [0.29, 0.717) is 6.54 Å². The summed E-state index contributed by atoms with van der Waals surface area (Å²) in [6.07, 6.45) is 7.19. The molecule has 3 heterocycles. The van der Waals surface area contributed by atoms with Gasteiger partial charge < -0.3 is 20.1 Å². The van der Waals surface area contributed by atoms with E-state index < -0.39 is 0 Å². The highest BCUT2D eigenvalue weighted by atomic mass is 32.2. The van der Waals surface area contributed by atoms with Gasteiger partial charge in [0, 0.05) is 53.1 Å². The van der Waals surface area contributed by atoms with E-state index in [0.717, 1.165) is 30.1 Å². The fraction of sp³-hybridized carbons (Fsp3) is 0.286. The molecule has 2 aromatic heterocycles. The lowest BCUT2D eigenvalue weighted by Gasteiger charge is -2.22. The zero-order chi connectivity index (χ0) is 19.5. The van der Waals surface area contributed by atoms with Crippen molar-refractivity contribution in [2.45, 2.75) is 24.4 Å². The third-order valence-corrected chi connectivity index (χ3v) is 6.93. The maximum Gasteiger partial charge on any atom is 0.319 e. The number of nitrogens with one attached hydrogen (secondary N) is 2. The highest BCUT2D eigenvalue weighted by Gasteiger charge is 2.23. The lowest BCUT2D eigenvalue weighted by Crippen LogP contribution is -2.30. The maximum atomic E-state index is 12.5. The average molecular weight is 413 g/mol. The van der Waals surface area contributed by atoms with Crippen LogP contribution in [0.3, 0.4) is 0 Å². The molecule has 5 nitrogen and oxygen atoms in total. The normalized spacial score (nSPS) is 13.9. The maximum absolute atomic E-state index is 12.5. The number of urea groups is 1. The van der Waals surface area contributed by atoms with Crippen molar-refractivity contribution in [1.29, 1.82) is 0 Å². The first-order valence-corrected chi connectivity index (χ1v) is 11.3. The monoisotopic (exact) mass is 412 g/mol. The number of rotatable bonds is 5. The van der Waals surface area contributed by atoms with E-state index in [1.54, 1.807) is 11.8 Å². The summed E-state index contributed by atoms with van der Waals surface area (Å²) in [5, 5.41) is 7.21. The Hall–Kier alpha value is -2.22. The van der Waals surface area contributed by atoms with Crippen LogP contribution in [0.5, 0.6) is 0 Å². The van der Waals surface area contributed by atoms with Crippen molar-refractivity contribution in [1.82, 2.24) is 14.8 Å². The fourth-order valence-corrected chi connectivity index (χ4v) is 5.36. The van der Waals surface area contributed by atoms with Gasteiger partial charge in [0.25, 0.3) is 0 Å². The Labute approximate surface area is 173 Å². The van der Waals surface area contributed by atoms with Gasteiger partial charge in [-0.3, -0.25) is 0 Å². The van der Waals surface area contributed by atoms with Gasteiger partial charge >= 0.3 is 6.03 Å². The Kier molecular flexibility index (Phi) is 5.75. The van der Waals surface area contributed by atoms with Crippen LogP contribution in [0, 0.1) is 0 Å².